The molecule has 0 atom stereocenters. The van der Waals surface area contributed by atoms with Crippen LogP contribution >= 0.6 is 11.3 Å². The van der Waals surface area contributed by atoms with Crippen LogP contribution in [0.25, 0.3) is 20.2 Å². The second-order valence-corrected chi connectivity index (χ2v) is 9.10. The van der Waals surface area contributed by atoms with Gasteiger partial charge in [0.2, 0.25) is 10.0 Å². The Bertz CT molecular complexity index is 1050. The molecular weight excluding hydrogens is 358 g/mol. The summed E-state index contributed by atoms with van der Waals surface area (Å²) in [5.41, 5.74) is 0.888. The molecule has 0 aliphatic heterocycles. The minimum atomic E-state index is -3.47. The number of benzene rings is 2. The Morgan fingerprint density at radius 2 is 1.84 bits per heavy atom. The van der Waals surface area contributed by atoms with Crippen LogP contribution in [0.5, 0.6) is 0 Å². The molecule has 0 bridgehead atoms. The van der Waals surface area contributed by atoms with Crippen molar-refractivity contribution in [1.29, 1.82) is 0 Å². The highest BCUT2D eigenvalue weighted by atomic mass is 32.2. The van der Waals surface area contributed by atoms with Crippen LogP contribution in [0.15, 0.2) is 41.3 Å². The van der Waals surface area contributed by atoms with Gasteiger partial charge in [0.25, 0.3) is 0 Å². The minimum Gasteiger partial charge on any atom is -0.466 e. The smallest absolute Gasteiger partial charge is 0.310 e. The van der Waals surface area contributed by atoms with Crippen molar-refractivity contribution in [3.8, 4) is 0 Å². The number of carbonyl (C=O) groups excluding carboxylic acids is 1. The molecule has 3 aromatic rings. The molecule has 0 saturated heterocycles. The molecule has 1 heterocycles. The summed E-state index contributed by atoms with van der Waals surface area (Å²) < 4.78 is 32.9. The third-order valence-corrected chi connectivity index (χ3v) is 6.88. The van der Waals surface area contributed by atoms with Gasteiger partial charge in [-0.15, -0.1) is 11.3 Å². The molecule has 0 N–H and O–H groups in total. The van der Waals surface area contributed by atoms with Crippen molar-refractivity contribution < 1.29 is 17.9 Å². The first-order chi connectivity index (χ1) is 11.8. The largest absolute Gasteiger partial charge is 0.466 e. The third-order valence-electron chi connectivity index (χ3n) is 3.94. The maximum absolute atomic E-state index is 12.3. The van der Waals surface area contributed by atoms with Gasteiger partial charge in [-0.3, -0.25) is 4.79 Å². The molecule has 132 valence electrons. The average Bonchev–Trinajstić information content (AvgIpc) is 2.91. The van der Waals surface area contributed by atoms with E-state index >= 15 is 0 Å². The van der Waals surface area contributed by atoms with E-state index in [0.29, 0.717) is 6.61 Å². The Labute approximate surface area is 150 Å². The number of ether oxygens (including phenoxy) is 1. The van der Waals surface area contributed by atoms with Gasteiger partial charge in [-0.1, -0.05) is 12.1 Å². The minimum absolute atomic E-state index is 0.234. The highest BCUT2D eigenvalue weighted by Gasteiger charge is 2.18. The van der Waals surface area contributed by atoms with Crippen molar-refractivity contribution in [2.24, 2.45) is 0 Å². The second kappa shape index (κ2) is 6.74. The molecule has 0 unspecified atom stereocenters. The topological polar surface area (TPSA) is 63.7 Å². The molecule has 1 aromatic heterocycles. The summed E-state index contributed by atoms with van der Waals surface area (Å²) in [7, 11) is -0.427. The van der Waals surface area contributed by atoms with E-state index in [9.17, 15) is 13.2 Å². The van der Waals surface area contributed by atoms with Crippen molar-refractivity contribution >= 4 is 47.5 Å². The number of sulfonamides is 1. The summed E-state index contributed by atoms with van der Waals surface area (Å²) in [5.74, 6) is -0.248. The maximum Gasteiger partial charge on any atom is 0.310 e. The summed E-state index contributed by atoms with van der Waals surface area (Å²) in [6.07, 6.45) is 0.234. The fourth-order valence-corrected chi connectivity index (χ4v) is 4.74. The van der Waals surface area contributed by atoms with Gasteiger partial charge in [0.1, 0.15) is 0 Å². The first kappa shape index (κ1) is 17.8. The van der Waals surface area contributed by atoms with Crippen LogP contribution in [0, 0.1) is 0 Å². The van der Waals surface area contributed by atoms with Crippen LogP contribution in [-0.4, -0.2) is 39.4 Å². The van der Waals surface area contributed by atoms with Crippen molar-refractivity contribution in [1.82, 2.24) is 4.31 Å². The Hall–Kier alpha value is -1.96. The fraction of sp³-hybridized carbons (Fsp3) is 0.278. The highest BCUT2D eigenvalue weighted by Crippen LogP contribution is 2.36. The first-order valence-electron chi connectivity index (χ1n) is 7.86. The number of hydrogen-bond donors (Lipinski definition) is 0. The summed E-state index contributed by atoms with van der Waals surface area (Å²) in [4.78, 5) is 11.9. The van der Waals surface area contributed by atoms with E-state index in [1.807, 2.05) is 24.3 Å². The maximum atomic E-state index is 12.3. The van der Waals surface area contributed by atoms with Crippen LogP contribution in [-0.2, 0) is 26.0 Å². The van der Waals surface area contributed by atoms with Crippen LogP contribution < -0.4 is 0 Å². The zero-order valence-electron chi connectivity index (χ0n) is 14.3. The monoisotopic (exact) mass is 377 g/mol. The van der Waals surface area contributed by atoms with Gasteiger partial charge in [-0.05, 0) is 36.8 Å². The van der Waals surface area contributed by atoms with Crippen molar-refractivity contribution in [3.63, 3.8) is 0 Å². The number of thiophene rings is 1. The van der Waals surface area contributed by atoms with E-state index in [0.717, 1.165) is 25.7 Å². The zero-order valence-corrected chi connectivity index (χ0v) is 15.9. The molecule has 25 heavy (non-hydrogen) atoms. The Morgan fingerprint density at radius 1 is 1.08 bits per heavy atom. The molecule has 0 aliphatic rings. The standard InChI is InChI=1S/C18H19NO4S2/c1-4-23-18(20)10-12-5-7-14-15-11-13(25(21,22)19(2)3)6-8-16(15)24-17(14)9-12/h5-9,11H,4,10H2,1-3H3. The van der Waals surface area contributed by atoms with Gasteiger partial charge in [-0.25, -0.2) is 12.7 Å². The molecule has 2 aromatic carbocycles. The predicted octanol–water partition coefficient (Wildman–Crippen LogP) is 3.41. The van der Waals surface area contributed by atoms with Crippen molar-refractivity contribution in [3.05, 3.63) is 42.0 Å². The normalized spacial score (nSPS) is 12.2. The van der Waals surface area contributed by atoms with Gasteiger partial charge in [0.15, 0.2) is 0 Å². The fourth-order valence-electron chi connectivity index (χ4n) is 2.66. The average molecular weight is 377 g/mol. The van der Waals surface area contributed by atoms with Crippen LogP contribution in [0.2, 0.25) is 0 Å². The lowest BCUT2D eigenvalue weighted by Crippen LogP contribution is -2.22. The summed E-state index contributed by atoms with van der Waals surface area (Å²) in [6, 6.07) is 11.0. The number of carbonyl (C=O) groups is 1. The Kier molecular flexibility index (Phi) is 4.81. The van der Waals surface area contributed by atoms with E-state index in [-0.39, 0.29) is 17.3 Å². The van der Waals surface area contributed by atoms with Crippen LogP contribution in [0.4, 0.5) is 0 Å². The van der Waals surface area contributed by atoms with Crippen LogP contribution in [0.1, 0.15) is 12.5 Å². The lowest BCUT2D eigenvalue weighted by molar-refractivity contribution is -0.142. The molecule has 0 spiro atoms. The van der Waals surface area contributed by atoms with E-state index in [1.54, 1.807) is 30.4 Å². The van der Waals surface area contributed by atoms with E-state index in [1.165, 1.54) is 18.4 Å². The van der Waals surface area contributed by atoms with Crippen molar-refractivity contribution in [2.75, 3.05) is 20.7 Å². The quantitative estimate of drug-likeness (QED) is 0.639. The molecule has 0 fully saturated rings. The van der Waals surface area contributed by atoms with Gasteiger partial charge < -0.3 is 4.74 Å². The van der Waals surface area contributed by atoms with Gasteiger partial charge in [0, 0.05) is 34.3 Å². The summed E-state index contributed by atoms with van der Waals surface area (Å²) >= 11 is 1.58. The molecule has 0 saturated carbocycles. The number of nitrogens with zero attached hydrogens (tertiary/aromatic N) is 1. The molecule has 5 nitrogen and oxygen atoms in total. The van der Waals surface area contributed by atoms with Crippen molar-refractivity contribution in [2.45, 2.75) is 18.2 Å². The van der Waals surface area contributed by atoms with Gasteiger partial charge in [0.05, 0.1) is 17.9 Å². The van der Waals surface area contributed by atoms with E-state index in [2.05, 4.69) is 0 Å². The molecule has 0 aliphatic carbocycles. The van der Waals surface area contributed by atoms with E-state index in [4.69, 9.17) is 4.74 Å². The summed E-state index contributed by atoms with van der Waals surface area (Å²) in [5, 5.41) is 1.90. The molecular formula is C18H19NO4S2. The predicted molar refractivity (Wildman–Crippen MR) is 101 cm³/mol. The third kappa shape index (κ3) is 3.40. The SMILES string of the molecule is CCOC(=O)Cc1ccc2c(c1)sc1ccc(S(=O)(=O)N(C)C)cc12. The number of rotatable bonds is 5. The van der Waals surface area contributed by atoms with Crippen LogP contribution in [0.3, 0.4) is 0 Å². The zero-order chi connectivity index (χ0) is 18.2. The number of hydrogen-bond acceptors (Lipinski definition) is 5. The Balaban J connectivity index is 2.07. The highest BCUT2D eigenvalue weighted by molar-refractivity contribution is 7.89. The lowest BCUT2D eigenvalue weighted by atomic mass is 10.1. The Morgan fingerprint density at radius 3 is 2.52 bits per heavy atom. The summed E-state index contributed by atoms with van der Waals surface area (Å²) in [6.45, 7) is 2.15. The number of esters is 1. The first-order valence-corrected chi connectivity index (χ1v) is 10.1. The molecule has 0 amide bonds. The second-order valence-electron chi connectivity index (χ2n) is 5.86. The molecule has 7 heteroatoms. The van der Waals surface area contributed by atoms with E-state index < -0.39 is 10.0 Å². The number of fused-ring (bicyclic) bond motifs is 3. The van der Waals surface area contributed by atoms with Gasteiger partial charge in [-0.2, -0.15) is 0 Å². The molecule has 3 rings (SSSR count). The van der Waals surface area contributed by atoms with Gasteiger partial charge >= 0.3 is 5.97 Å². The lowest BCUT2D eigenvalue weighted by Gasteiger charge is -2.11. The molecule has 0 radical (unpaired) electrons.